The minimum absolute atomic E-state index is 0.191. The van der Waals surface area contributed by atoms with Crippen LogP contribution in [0.1, 0.15) is 0 Å². The maximum absolute atomic E-state index is 5.83. The number of benzene rings is 1. The van der Waals surface area contributed by atoms with Gasteiger partial charge in [0.2, 0.25) is 0 Å². The molecule has 64 valence electrons. The predicted molar refractivity (Wildman–Crippen MR) is 56.4 cm³/mol. The summed E-state index contributed by atoms with van der Waals surface area (Å²) < 4.78 is 4.09. The van der Waals surface area contributed by atoms with Crippen LogP contribution in [-0.4, -0.2) is 5.62 Å². The third-order valence-corrected chi connectivity index (χ3v) is 3.25. The monoisotopic (exact) mass is 264 g/mol. The van der Waals surface area contributed by atoms with E-state index in [0.29, 0.717) is 0 Å². The van der Waals surface area contributed by atoms with Crippen molar-refractivity contribution in [1.82, 2.24) is 4.72 Å². The molecule has 1 atom stereocenters. The van der Waals surface area contributed by atoms with Crippen molar-refractivity contribution in [3.8, 4) is 0 Å². The van der Waals surface area contributed by atoms with Crippen molar-refractivity contribution in [3.63, 3.8) is 0 Å². The van der Waals surface area contributed by atoms with E-state index in [-0.39, 0.29) is 5.62 Å². The highest BCUT2D eigenvalue weighted by Gasteiger charge is 2.14. The second-order valence-electron chi connectivity index (χ2n) is 2.37. The molecule has 1 aromatic carbocycles. The molecule has 2 nitrogen and oxygen atoms in total. The van der Waals surface area contributed by atoms with Crippen molar-refractivity contribution in [1.29, 1.82) is 0 Å². The van der Waals surface area contributed by atoms with E-state index in [4.69, 9.17) is 11.6 Å². The Morgan fingerprint density at radius 3 is 3.17 bits per heavy atom. The summed E-state index contributed by atoms with van der Waals surface area (Å²) in [4.78, 5) is 1.15. The Kier molecular flexibility index (Phi) is 2.50. The smallest absolute Gasteiger partial charge is 0.164 e. The van der Waals surface area contributed by atoms with Crippen molar-refractivity contribution in [2.75, 3.05) is 5.32 Å². The van der Waals surface area contributed by atoms with Crippen LogP contribution in [0, 0.1) is 0 Å². The number of hydrogen-bond donors (Lipinski definition) is 2. The van der Waals surface area contributed by atoms with Crippen LogP contribution < -0.4 is 10.0 Å². The summed E-state index contributed by atoms with van der Waals surface area (Å²) in [5.41, 5.74) is 0.880. The molecule has 0 saturated heterocycles. The lowest BCUT2D eigenvalue weighted by Gasteiger charge is -2.22. The van der Waals surface area contributed by atoms with E-state index in [1.807, 2.05) is 18.2 Å². The third-order valence-electron chi connectivity index (χ3n) is 1.50. The first-order chi connectivity index (χ1) is 5.75. The number of alkyl halides is 1. The highest BCUT2D eigenvalue weighted by Crippen LogP contribution is 2.32. The summed E-state index contributed by atoms with van der Waals surface area (Å²) in [7, 11) is 0. The summed E-state index contributed by atoms with van der Waals surface area (Å²) in [5, 5.41) is 3.10. The fourth-order valence-electron chi connectivity index (χ4n) is 0.981. The van der Waals surface area contributed by atoms with Gasteiger partial charge in [-0.2, -0.15) is 0 Å². The van der Waals surface area contributed by atoms with Crippen LogP contribution in [-0.2, 0) is 0 Å². The summed E-state index contributed by atoms with van der Waals surface area (Å²) in [6.45, 7) is 0. The Hall–Kier alpha value is 0.1000. The molecule has 5 heteroatoms. The quantitative estimate of drug-likeness (QED) is 0.428. The van der Waals surface area contributed by atoms with E-state index >= 15 is 0 Å². The zero-order valence-electron chi connectivity index (χ0n) is 5.97. The Labute approximate surface area is 88.3 Å². The van der Waals surface area contributed by atoms with Crippen LogP contribution >= 0.6 is 39.5 Å². The molecule has 1 aliphatic rings. The van der Waals surface area contributed by atoms with Crippen molar-refractivity contribution < 1.29 is 0 Å². The Balaban J connectivity index is 2.37. The van der Waals surface area contributed by atoms with Gasteiger partial charge in [0.05, 0.1) is 5.69 Å². The number of hydrogen-bond acceptors (Lipinski definition) is 3. The molecular formula is C7H6BrClN2S. The highest BCUT2D eigenvalue weighted by atomic mass is 79.9. The molecule has 12 heavy (non-hydrogen) atoms. The molecule has 2 N–H and O–H groups in total. The van der Waals surface area contributed by atoms with Gasteiger partial charge in [0.15, 0.2) is 5.62 Å². The normalized spacial score (nSPS) is 21.3. The first-order valence-electron chi connectivity index (χ1n) is 3.38. The number of anilines is 1. The van der Waals surface area contributed by atoms with Gasteiger partial charge in [-0.1, -0.05) is 27.5 Å². The summed E-state index contributed by atoms with van der Waals surface area (Å²) in [6.07, 6.45) is 0. The van der Waals surface area contributed by atoms with Gasteiger partial charge in [-0.15, -0.1) is 0 Å². The summed E-state index contributed by atoms with van der Waals surface area (Å²) >= 11 is 10.8. The van der Waals surface area contributed by atoms with Gasteiger partial charge in [-0.3, -0.25) is 0 Å². The Morgan fingerprint density at radius 1 is 1.50 bits per heavy atom. The van der Waals surface area contributed by atoms with E-state index in [0.717, 1.165) is 15.1 Å². The van der Waals surface area contributed by atoms with Gasteiger partial charge in [0.25, 0.3) is 0 Å². The molecule has 2 rings (SSSR count). The molecule has 1 heterocycles. The fourth-order valence-corrected chi connectivity index (χ4v) is 2.46. The molecule has 0 fully saturated rings. The van der Waals surface area contributed by atoms with Gasteiger partial charge in [0, 0.05) is 9.37 Å². The molecule has 0 spiro atoms. The summed E-state index contributed by atoms with van der Waals surface area (Å²) in [6, 6.07) is 6.03. The van der Waals surface area contributed by atoms with E-state index in [9.17, 15) is 0 Å². The van der Waals surface area contributed by atoms with Crippen LogP contribution in [0.4, 0.5) is 5.69 Å². The van der Waals surface area contributed by atoms with E-state index < -0.39 is 0 Å². The van der Waals surface area contributed by atoms with Gasteiger partial charge in [-0.05, 0) is 30.1 Å². The van der Waals surface area contributed by atoms with Crippen LogP contribution in [0.15, 0.2) is 27.6 Å². The maximum atomic E-state index is 5.83. The molecule has 1 aromatic rings. The minimum Gasteiger partial charge on any atom is -0.356 e. The number of nitrogens with one attached hydrogen (secondary N) is 2. The van der Waals surface area contributed by atoms with Gasteiger partial charge in [-0.25, -0.2) is 4.72 Å². The SMILES string of the molecule is ClC1NSc2cc(Br)ccc2N1. The molecule has 0 saturated carbocycles. The van der Waals surface area contributed by atoms with Crippen LogP contribution in [0.25, 0.3) is 0 Å². The Morgan fingerprint density at radius 2 is 2.33 bits per heavy atom. The average Bonchev–Trinajstić information content (AvgIpc) is 2.05. The lowest BCUT2D eigenvalue weighted by molar-refractivity contribution is 0.930. The lowest BCUT2D eigenvalue weighted by atomic mass is 10.3. The molecule has 0 radical (unpaired) electrons. The first-order valence-corrected chi connectivity index (χ1v) is 5.43. The largest absolute Gasteiger partial charge is 0.356 e. The van der Waals surface area contributed by atoms with Crippen LogP contribution in [0.5, 0.6) is 0 Å². The van der Waals surface area contributed by atoms with Crippen LogP contribution in [0.3, 0.4) is 0 Å². The highest BCUT2D eigenvalue weighted by molar-refractivity contribution is 9.10. The number of halogens is 2. The van der Waals surface area contributed by atoms with Gasteiger partial charge in [0.1, 0.15) is 0 Å². The maximum Gasteiger partial charge on any atom is 0.164 e. The van der Waals surface area contributed by atoms with E-state index in [1.54, 1.807) is 0 Å². The van der Waals surface area contributed by atoms with E-state index in [2.05, 4.69) is 26.0 Å². The lowest BCUT2D eigenvalue weighted by Crippen LogP contribution is -2.29. The molecule has 0 aliphatic carbocycles. The van der Waals surface area contributed by atoms with Crippen LogP contribution in [0.2, 0.25) is 0 Å². The number of fused-ring (bicyclic) bond motifs is 1. The average molecular weight is 266 g/mol. The second kappa shape index (κ2) is 3.46. The first kappa shape index (κ1) is 8.69. The van der Waals surface area contributed by atoms with Crippen molar-refractivity contribution in [2.24, 2.45) is 0 Å². The van der Waals surface area contributed by atoms with Gasteiger partial charge < -0.3 is 5.32 Å². The third kappa shape index (κ3) is 1.71. The van der Waals surface area contributed by atoms with Crippen molar-refractivity contribution >= 4 is 45.2 Å². The molecule has 1 unspecified atom stereocenters. The Bertz CT molecular complexity index is 307. The van der Waals surface area contributed by atoms with E-state index in [1.165, 1.54) is 11.9 Å². The molecule has 0 bridgehead atoms. The van der Waals surface area contributed by atoms with Crippen molar-refractivity contribution in [3.05, 3.63) is 22.7 Å². The zero-order valence-corrected chi connectivity index (χ0v) is 9.13. The standard InChI is InChI=1S/C7H6BrClN2S/c8-4-1-2-5-6(3-4)12-11-7(9)10-5/h1-3,7,10-11H. The fraction of sp³-hybridized carbons (Fsp3) is 0.143. The summed E-state index contributed by atoms with van der Waals surface area (Å²) in [5.74, 6) is 0. The zero-order chi connectivity index (χ0) is 8.55. The van der Waals surface area contributed by atoms with Crippen molar-refractivity contribution in [2.45, 2.75) is 10.5 Å². The predicted octanol–water partition coefficient (Wildman–Crippen LogP) is 2.99. The molecule has 0 amide bonds. The second-order valence-corrected chi connectivity index (χ2v) is 4.60. The minimum atomic E-state index is -0.191. The molecular weight excluding hydrogens is 260 g/mol. The topological polar surface area (TPSA) is 24.1 Å². The number of rotatable bonds is 0. The molecule has 1 aliphatic heterocycles. The molecule has 0 aromatic heterocycles. The van der Waals surface area contributed by atoms with Gasteiger partial charge >= 0.3 is 0 Å².